The zero-order chi connectivity index (χ0) is 64.4. The third-order valence-corrected chi connectivity index (χ3v) is 23.7. The molecule has 15 rings (SSSR count). The van der Waals surface area contributed by atoms with E-state index in [2.05, 4.69) is 148 Å². The van der Waals surface area contributed by atoms with Crippen molar-refractivity contribution in [3.63, 3.8) is 0 Å². The zero-order valence-electron chi connectivity index (χ0n) is 51.0. The Bertz CT molecular complexity index is 4790. The second-order valence-corrected chi connectivity index (χ2v) is 29.8. The Balaban J connectivity index is 0.000000123. The van der Waals surface area contributed by atoms with Crippen LogP contribution in [0.25, 0.3) is 72.4 Å². The molecule has 472 valence electrons. The molecule has 0 amide bonds. The molecule has 91 heavy (non-hydrogen) atoms. The smallest absolute Gasteiger partial charge is 0.176 e. The summed E-state index contributed by atoms with van der Waals surface area (Å²) in [5.41, 5.74) is 13.3. The Kier molecular flexibility index (Phi) is 18.2. The maximum absolute atomic E-state index is 14.9. The lowest BCUT2D eigenvalue weighted by atomic mass is 9.87. The van der Waals surface area contributed by atoms with Gasteiger partial charge in [-0.15, -0.1) is 68.0 Å². The molecule has 1 saturated heterocycles. The zero-order valence-corrected chi connectivity index (χ0v) is 56.7. The first-order valence-electron chi connectivity index (χ1n) is 29.4. The van der Waals surface area contributed by atoms with Gasteiger partial charge in [0, 0.05) is 85.0 Å². The van der Waals surface area contributed by atoms with Crippen LogP contribution in [0.15, 0.2) is 102 Å². The number of rotatable bonds is 10. The number of nitrogen functional groups attached to an aromatic ring is 1. The van der Waals surface area contributed by atoms with Gasteiger partial charge in [0.2, 0.25) is 0 Å². The molecular weight excluding hydrogens is 1300 g/mol. The van der Waals surface area contributed by atoms with Crippen LogP contribution in [0.5, 0.6) is 0 Å². The van der Waals surface area contributed by atoms with E-state index in [0.29, 0.717) is 31.4 Å². The Labute approximate surface area is 550 Å². The molecule has 3 aliphatic rings. The number of hydrogen-bond acceptors (Lipinski definition) is 18. The first-order chi connectivity index (χ1) is 43.5. The summed E-state index contributed by atoms with van der Waals surface area (Å²) < 4.78 is 86.4. The lowest BCUT2D eigenvalue weighted by Gasteiger charge is -2.35. The largest absolute Gasteiger partial charge is 0.394 e. The number of thiazole rings is 3. The predicted octanol–water partition coefficient (Wildman–Crippen LogP) is 19.5. The number of likely N-dealkylation sites (tertiary alicyclic amines) is 1. The molecule has 12 heterocycles. The summed E-state index contributed by atoms with van der Waals surface area (Å²) in [5, 5.41) is 9.53. The van der Waals surface area contributed by atoms with Gasteiger partial charge in [-0.3, -0.25) is 14.7 Å². The molecule has 1 atom stereocenters. The summed E-state index contributed by atoms with van der Waals surface area (Å²) in [6.07, 6.45) is 10.8. The van der Waals surface area contributed by atoms with Crippen molar-refractivity contribution in [1.29, 1.82) is 0 Å². The van der Waals surface area contributed by atoms with E-state index in [9.17, 15) is 26.3 Å². The highest BCUT2D eigenvalue weighted by Gasteiger charge is 2.42. The number of benzene rings is 3. The molecule has 12 nitrogen and oxygen atoms in total. The number of nitrogens with one attached hydrogen (secondary N) is 2. The van der Waals surface area contributed by atoms with Gasteiger partial charge in [-0.1, -0.05) is 44.5 Å². The molecule has 3 aliphatic heterocycles. The van der Waals surface area contributed by atoms with Crippen molar-refractivity contribution in [2.45, 2.75) is 91.3 Å². The number of nitrogens with two attached hydrogens (primary N) is 1. The summed E-state index contributed by atoms with van der Waals surface area (Å²) in [5.74, 6) is -3.70. The van der Waals surface area contributed by atoms with Gasteiger partial charge in [-0.05, 0) is 140 Å². The highest BCUT2D eigenvalue weighted by Crippen LogP contribution is 2.48. The fourth-order valence-electron chi connectivity index (χ4n) is 12.5. The van der Waals surface area contributed by atoms with Crippen LogP contribution >= 0.6 is 79.6 Å². The summed E-state index contributed by atoms with van der Waals surface area (Å²) >= 11 is 14.9. The molecule has 12 aromatic rings. The van der Waals surface area contributed by atoms with Gasteiger partial charge in [-0.25, -0.2) is 56.2 Å². The van der Waals surface area contributed by atoms with Crippen molar-refractivity contribution < 1.29 is 26.3 Å². The van der Waals surface area contributed by atoms with Crippen LogP contribution in [-0.2, 0) is 0 Å². The standard InChI is InChI=1S/C22H22F2N4S2.C22H20F2N4S2.C15H17ClN2S.C7H4F2N2S/c2*1-4-28-8-6-13(22(28,2)3)16-9-12-15(5-7-25-21(12)30-16)27-19-14(23)10-17-20(18(19)24)26-11-29-17;1-4-18-8-6-11(15(18,2)3)13-9-10-12(16)5-7-17-14(10)19-13;8-3-1-4-7(11-2-12-4)5(9)6(3)10/h5,7,9-11,13H,4,6,8H2,1-3H3,(H,25,27);5-7,9-11H,4,8H2,1-3H3,(H,25,27);5-7,9H,4,8H2,1-3H3;1-2H,10H2. The molecule has 1 unspecified atom stereocenters. The van der Waals surface area contributed by atoms with Crippen LogP contribution in [0.2, 0.25) is 5.02 Å². The van der Waals surface area contributed by atoms with Crippen molar-refractivity contribution in [3.8, 4) is 0 Å². The quantitative estimate of drug-likeness (QED) is 0.0888. The number of anilines is 5. The third-order valence-electron chi connectivity index (χ3n) is 17.7. The normalized spacial score (nSPS) is 17.2. The molecule has 0 radical (unpaired) electrons. The average molecular weight is 1370 g/mol. The van der Waals surface area contributed by atoms with Gasteiger partial charge in [0.1, 0.15) is 48.1 Å². The van der Waals surface area contributed by atoms with Gasteiger partial charge >= 0.3 is 0 Å². The van der Waals surface area contributed by atoms with Crippen molar-refractivity contribution in [2.24, 2.45) is 0 Å². The second-order valence-electron chi connectivity index (χ2n) is 23.6. The van der Waals surface area contributed by atoms with E-state index in [1.165, 1.54) is 89.6 Å². The summed E-state index contributed by atoms with van der Waals surface area (Å²) in [4.78, 5) is 39.0. The summed E-state index contributed by atoms with van der Waals surface area (Å²) in [6, 6.07) is 15.6. The fraction of sp³-hybridized carbons (Fsp3) is 0.303. The van der Waals surface area contributed by atoms with Crippen molar-refractivity contribution in [2.75, 3.05) is 55.6 Å². The molecule has 0 spiro atoms. The second kappa shape index (κ2) is 25.6. The maximum atomic E-state index is 14.9. The Morgan fingerprint density at radius 3 is 1.43 bits per heavy atom. The van der Waals surface area contributed by atoms with Gasteiger partial charge in [-0.2, -0.15) is 0 Å². The predicted molar refractivity (Wildman–Crippen MR) is 371 cm³/mol. The van der Waals surface area contributed by atoms with E-state index in [1.54, 1.807) is 64.7 Å². The summed E-state index contributed by atoms with van der Waals surface area (Å²) in [6.45, 7) is 26.2. The van der Waals surface area contributed by atoms with Crippen LogP contribution in [0, 0.1) is 34.9 Å². The number of thiophene rings is 3. The average Bonchev–Trinajstić information content (AvgIpc) is 1.77. The molecule has 25 heteroatoms. The number of fused-ring (bicyclic) bond motifs is 6. The molecule has 4 N–H and O–H groups in total. The number of pyridine rings is 3. The number of aromatic nitrogens is 6. The molecule has 0 saturated carbocycles. The highest BCUT2D eigenvalue weighted by atomic mass is 35.5. The third kappa shape index (κ3) is 12.0. The van der Waals surface area contributed by atoms with Crippen LogP contribution in [0.4, 0.5) is 54.8 Å². The van der Waals surface area contributed by atoms with E-state index in [4.69, 9.17) is 17.3 Å². The molecule has 1 fully saturated rings. The Hall–Kier alpha value is -6.71. The monoisotopic (exact) mass is 1360 g/mol. The minimum atomic E-state index is -0.772. The number of hydrogen-bond donors (Lipinski definition) is 3. The van der Waals surface area contributed by atoms with E-state index < -0.39 is 40.6 Å². The molecular formula is C66H63ClF6N12S6. The van der Waals surface area contributed by atoms with Gasteiger partial charge in [0.25, 0.3) is 0 Å². The lowest BCUT2D eigenvalue weighted by molar-refractivity contribution is 0.171. The van der Waals surface area contributed by atoms with Gasteiger partial charge in [0.05, 0.1) is 47.0 Å². The minimum absolute atomic E-state index is 0.0666. The number of halogens is 7. The van der Waals surface area contributed by atoms with Crippen molar-refractivity contribution in [3.05, 3.63) is 156 Å². The van der Waals surface area contributed by atoms with E-state index >= 15 is 0 Å². The van der Waals surface area contributed by atoms with Crippen LogP contribution in [0.3, 0.4) is 0 Å². The van der Waals surface area contributed by atoms with Crippen LogP contribution < -0.4 is 16.4 Å². The van der Waals surface area contributed by atoms with E-state index in [0.717, 1.165) is 86.2 Å². The number of likely N-dealkylation sites (N-methyl/N-ethyl adjacent to an activating group) is 3. The van der Waals surface area contributed by atoms with Crippen molar-refractivity contribution >= 4 is 181 Å². The van der Waals surface area contributed by atoms with Crippen LogP contribution in [0.1, 0.15) is 89.3 Å². The fourth-order valence-corrected chi connectivity index (χ4v) is 18.7. The Morgan fingerprint density at radius 2 is 0.967 bits per heavy atom. The van der Waals surface area contributed by atoms with E-state index in [-0.39, 0.29) is 44.5 Å². The minimum Gasteiger partial charge on any atom is -0.394 e. The molecule has 0 bridgehead atoms. The molecule has 3 aromatic carbocycles. The van der Waals surface area contributed by atoms with Gasteiger partial charge < -0.3 is 16.4 Å². The topological polar surface area (TPSA) is 137 Å². The SMILES string of the molecule is CCN1CC=C(c2cc3c(Cl)ccnc3s2)C1(C)C.CCN1CC=C(c2cc3c(Nc4c(F)cc5scnc5c4F)ccnc3s2)C1(C)C.CCN1CCC(c2cc3c(Nc4c(F)cc5scnc5c4F)ccnc3s2)C1(C)C.Nc1c(F)cc2scnc2c1F. The maximum Gasteiger partial charge on any atom is 0.176 e. The number of nitrogens with zero attached hydrogens (tertiary/aromatic N) is 9. The van der Waals surface area contributed by atoms with Gasteiger partial charge in [0.15, 0.2) is 34.9 Å². The van der Waals surface area contributed by atoms with E-state index in [1.807, 2.05) is 6.07 Å². The van der Waals surface area contributed by atoms with Crippen LogP contribution in [-0.4, -0.2) is 100 Å². The van der Waals surface area contributed by atoms with Crippen molar-refractivity contribution in [1.82, 2.24) is 44.6 Å². The molecule has 9 aromatic heterocycles. The highest BCUT2D eigenvalue weighted by molar-refractivity contribution is 7.20. The summed E-state index contributed by atoms with van der Waals surface area (Å²) in [7, 11) is 0. The molecule has 0 aliphatic carbocycles. The first-order valence-corrected chi connectivity index (χ1v) is 34.9. The Morgan fingerprint density at radius 1 is 0.538 bits per heavy atom. The first kappa shape index (κ1) is 64.4. The lowest BCUT2D eigenvalue weighted by Crippen LogP contribution is -2.41.